The zero-order valence-corrected chi connectivity index (χ0v) is 12.8. The summed E-state index contributed by atoms with van der Waals surface area (Å²) < 4.78 is 0. The Kier molecular flexibility index (Phi) is 3.42. The van der Waals surface area contributed by atoms with Crippen molar-refractivity contribution in [3.63, 3.8) is 0 Å². The second kappa shape index (κ2) is 5.58. The standard InChI is InChI=1S/C16H18N6O/c1-10-4-2-5-11(21-10)14(23)12-6-3-7-22(12)16-13-15(18-8-17-13)19-9-20-16/h2,4-5,8-9,12,14,23H,3,6-7H2,1H3,(H,17,18,19,20)/t12-,14?/m1/s1. The number of aryl methyl sites for hydroxylation is 1. The van der Waals surface area contributed by atoms with Crippen molar-refractivity contribution in [1.29, 1.82) is 0 Å². The Morgan fingerprint density at radius 3 is 3.09 bits per heavy atom. The Morgan fingerprint density at radius 2 is 2.22 bits per heavy atom. The van der Waals surface area contributed by atoms with Crippen molar-refractivity contribution in [1.82, 2.24) is 24.9 Å². The van der Waals surface area contributed by atoms with Crippen LogP contribution in [-0.2, 0) is 0 Å². The minimum atomic E-state index is -0.648. The maximum absolute atomic E-state index is 10.8. The first-order valence-corrected chi connectivity index (χ1v) is 7.76. The molecule has 2 N–H and O–H groups in total. The van der Waals surface area contributed by atoms with Crippen LogP contribution in [0.2, 0.25) is 0 Å². The van der Waals surface area contributed by atoms with Crippen LogP contribution in [0, 0.1) is 6.92 Å². The zero-order valence-electron chi connectivity index (χ0n) is 12.8. The summed E-state index contributed by atoms with van der Waals surface area (Å²) in [5, 5.41) is 10.8. The molecular weight excluding hydrogens is 292 g/mol. The number of nitrogens with zero attached hydrogens (tertiary/aromatic N) is 5. The van der Waals surface area contributed by atoms with Gasteiger partial charge in [0, 0.05) is 12.2 Å². The van der Waals surface area contributed by atoms with Crippen molar-refractivity contribution in [2.45, 2.75) is 31.9 Å². The summed E-state index contributed by atoms with van der Waals surface area (Å²) in [4.78, 5) is 22.5. The highest BCUT2D eigenvalue weighted by Gasteiger charge is 2.34. The number of hydrogen-bond acceptors (Lipinski definition) is 6. The molecule has 3 aromatic heterocycles. The first-order valence-electron chi connectivity index (χ1n) is 7.76. The Balaban J connectivity index is 1.70. The van der Waals surface area contributed by atoms with E-state index in [1.54, 1.807) is 6.33 Å². The van der Waals surface area contributed by atoms with Gasteiger partial charge in [-0.05, 0) is 31.9 Å². The van der Waals surface area contributed by atoms with Gasteiger partial charge in [0.25, 0.3) is 0 Å². The number of rotatable bonds is 3. The number of pyridine rings is 1. The lowest BCUT2D eigenvalue weighted by Crippen LogP contribution is -2.35. The average Bonchev–Trinajstić information content (AvgIpc) is 3.22. The van der Waals surface area contributed by atoms with Gasteiger partial charge in [-0.25, -0.2) is 15.0 Å². The molecule has 0 amide bonds. The van der Waals surface area contributed by atoms with Gasteiger partial charge < -0.3 is 15.0 Å². The van der Waals surface area contributed by atoms with E-state index in [0.29, 0.717) is 11.3 Å². The van der Waals surface area contributed by atoms with Gasteiger partial charge in [-0.15, -0.1) is 0 Å². The van der Waals surface area contributed by atoms with Crippen molar-refractivity contribution >= 4 is 17.0 Å². The molecule has 4 heterocycles. The number of fused-ring (bicyclic) bond motifs is 1. The van der Waals surface area contributed by atoms with Crippen LogP contribution in [0.5, 0.6) is 0 Å². The molecule has 0 spiro atoms. The second-order valence-corrected chi connectivity index (χ2v) is 5.85. The lowest BCUT2D eigenvalue weighted by molar-refractivity contribution is 0.142. The summed E-state index contributed by atoms with van der Waals surface area (Å²) in [6.45, 7) is 2.78. The topological polar surface area (TPSA) is 90.8 Å². The molecule has 7 nitrogen and oxygen atoms in total. The number of nitrogens with one attached hydrogen (secondary N) is 1. The Labute approximate surface area is 133 Å². The molecule has 0 radical (unpaired) electrons. The number of aliphatic hydroxyl groups excluding tert-OH is 1. The summed E-state index contributed by atoms with van der Waals surface area (Å²) in [7, 11) is 0. The SMILES string of the molecule is Cc1cccc(C(O)[C@H]2CCCN2c2ncnc3nc[nH]c23)n1. The van der Waals surface area contributed by atoms with E-state index in [1.165, 1.54) is 6.33 Å². The first kappa shape index (κ1) is 14.1. The fourth-order valence-electron chi connectivity index (χ4n) is 3.28. The van der Waals surface area contributed by atoms with E-state index in [-0.39, 0.29) is 6.04 Å². The molecule has 0 aromatic carbocycles. The highest BCUT2D eigenvalue weighted by Crippen LogP contribution is 2.33. The summed E-state index contributed by atoms with van der Waals surface area (Å²) in [6.07, 6.45) is 4.40. The fraction of sp³-hybridized carbons (Fsp3) is 0.375. The van der Waals surface area contributed by atoms with Gasteiger partial charge in [0.05, 0.1) is 18.1 Å². The number of anilines is 1. The summed E-state index contributed by atoms with van der Waals surface area (Å²) >= 11 is 0. The lowest BCUT2D eigenvalue weighted by atomic mass is 10.0. The van der Waals surface area contributed by atoms with E-state index < -0.39 is 6.10 Å². The number of aromatic amines is 1. The molecule has 4 rings (SSSR count). The monoisotopic (exact) mass is 310 g/mol. The first-order chi connectivity index (χ1) is 11.2. The summed E-state index contributed by atoms with van der Waals surface area (Å²) in [5.74, 6) is 0.793. The molecule has 1 fully saturated rings. The van der Waals surface area contributed by atoms with Gasteiger partial charge in [0.15, 0.2) is 11.5 Å². The van der Waals surface area contributed by atoms with E-state index in [0.717, 1.165) is 36.4 Å². The molecule has 1 saturated heterocycles. The maximum Gasteiger partial charge on any atom is 0.182 e. The zero-order chi connectivity index (χ0) is 15.8. The van der Waals surface area contributed by atoms with E-state index in [2.05, 4.69) is 29.8 Å². The van der Waals surface area contributed by atoms with Crippen LogP contribution < -0.4 is 4.90 Å². The van der Waals surface area contributed by atoms with Crippen LogP contribution in [0.1, 0.15) is 30.3 Å². The minimum absolute atomic E-state index is 0.0503. The molecule has 3 aromatic rings. The number of H-pyrrole nitrogens is 1. The lowest BCUT2D eigenvalue weighted by Gasteiger charge is -2.29. The van der Waals surface area contributed by atoms with Crippen molar-refractivity contribution in [2.24, 2.45) is 0 Å². The summed E-state index contributed by atoms with van der Waals surface area (Å²) in [5.41, 5.74) is 3.06. The van der Waals surface area contributed by atoms with Gasteiger partial charge in [0.2, 0.25) is 0 Å². The molecule has 23 heavy (non-hydrogen) atoms. The fourth-order valence-corrected chi connectivity index (χ4v) is 3.28. The van der Waals surface area contributed by atoms with E-state index >= 15 is 0 Å². The quantitative estimate of drug-likeness (QED) is 0.766. The minimum Gasteiger partial charge on any atom is -0.385 e. The molecular formula is C16H18N6O. The number of aromatic nitrogens is 5. The molecule has 118 valence electrons. The maximum atomic E-state index is 10.8. The largest absolute Gasteiger partial charge is 0.385 e. The third-order valence-electron chi connectivity index (χ3n) is 4.35. The predicted molar refractivity (Wildman–Crippen MR) is 86.0 cm³/mol. The van der Waals surface area contributed by atoms with E-state index in [4.69, 9.17) is 0 Å². The number of hydrogen-bond donors (Lipinski definition) is 2. The van der Waals surface area contributed by atoms with Crippen LogP contribution in [0.3, 0.4) is 0 Å². The number of aliphatic hydroxyl groups is 1. The molecule has 1 aliphatic heterocycles. The Hall–Kier alpha value is -2.54. The third kappa shape index (κ3) is 2.43. The summed E-state index contributed by atoms with van der Waals surface area (Å²) in [6, 6.07) is 5.68. The van der Waals surface area contributed by atoms with Crippen LogP contribution >= 0.6 is 0 Å². The van der Waals surface area contributed by atoms with Crippen LogP contribution in [-0.4, -0.2) is 42.6 Å². The normalized spacial score (nSPS) is 19.4. The van der Waals surface area contributed by atoms with Crippen LogP contribution in [0.15, 0.2) is 30.9 Å². The van der Waals surface area contributed by atoms with Crippen molar-refractivity contribution in [3.05, 3.63) is 42.2 Å². The molecule has 1 aliphatic rings. The van der Waals surface area contributed by atoms with Gasteiger partial charge in [-0.3, -0.25) is 4.98 Å². The molecule has 1 unspecified atom stereocenters. The average molecular weight is 310 g/mol. The van der Waals surface area contributed by atoms with Crippen molar-refractivity contribution in [2.75, 3.05) is 11.4 Å². The highest BCUT2D eigenvalue weighted by molar-refractivity contribution is 5.83. The van der Waals surface area contributed by atoms with E-state index in [9.17, 15) is 5.11 Å². The van der Waals surface area contributed by atoms with Gasteiger partial charge >= 0.3 is 0 Å². The van der Waals surface area contributed by atoms with E-state index in [1.807, 2.05) is 25.1 Å². The highest BCUT2D eigenvalue weighted by atomic mass is 16.3. The van der Waals surface area contributed by atoms with Crippen molar-refractivity contribution < 1.29 is 5.11 Å². The third-order valence-corrected chi connectivity index (χ3v) is 4.35. The molecule has 0 saturated carbocycles. The van der Waals surface area contributed by atoms with Crippen LogP contribution in [0.25, 0.3) is 11.2 Å². The van der Waals surface area contributed by atoms with Crippen LogP contribution in [0.4, 0.5) is 5.82 Å². The smallest absolute Gasteiger partial charge is 0.182 e. The predicted octanol–water partition coefficient (Wildman–Crippen LogP) is 1.76. The van der Waals surface area contributed by atoms with Crippen molar-refractivity contribution in [3.8, 4) is 0 Å². The molecule has 0 aliphatic carbocycles. The number of imidazole rings is 1. The van der Waals surface area contributed by atoms with Gasteiger partial charge in [-0.2, -0.15) is 0 Å². The van der Waals surface area contributed by atoms with Gasteiger partial charge in [0.1, 0.15) is 17.9 Å². The Bertz CT molecular complexity index is 832. The Morgan fingerprint density at radius 1 is 1.30 bits per heavy atom. The molecule has 2 atom stereocenters. The second-order valence-electron chi connectivity index (χ2n) is 5.85. The van der Waals surface area contributed by atoms with Gasteiger partial charge in [-0.1, -0.05) is 6.07 Å². The molecule has 7 heteroatoms. The molecule has 0 bridgehead atoms.